The zero-order chi connectivity index (χ0) is 23.3. The van der Waals surface area contributed by atoms with Gasteiger partial charge in [-0.05, 0) is 67.6 Å². The lowest BCUT2D eigenvalue weighted by Crippen LogP contribution is -2.46. The Labute approximate surface area is 199 Å². The molecule has 0 aliphatic carbocycles. The van der Waals surface area contributed by atoms with Crippen molar-refractivity contribution >= 4 is 39.1 Å². The SMILES string of the molecule is Cc1cc(C)cc(OCCNC(=O)C2CCCN(S(=O)(=O)Cc3ccc(Cl)c(Cl)c3)C2)c1. The van der Waals surface area contributed by atoms with Crippen LogP contribution in [0, 0.1) is 19.8 Å². The predicted molar refractivity (Wildman–Crippen MR) is 128 cm³/mol. The van der Waals surface area contributed by atoms with Crippen LogP contribution in [0.4, 0.5) is 0 Å². The molecule has 6 nitrogen and oxygen atoms in total. The Hall–Kier alpha value is -1.80. The highest BCUT2D eigenvalue weighted by molar-refractivity contribution is 7.88. The largest absolute Gasteiger partial charge is 0.492 e. The van der Waals surface area contributed by atoms with Gasteiger partial charge in [0.1, 0.15) is 12.4 Å². The van der Waals surface area contributed by atoms with Crippen LogP contribution in [0.2, 0.25) is 10.0 Å². The van der Waals surface area contributed by atoms with Crippen molar-refractivity contribution in [2.24, 2.45) is 5.92 Å². The number of benzene rings is 2. The lowest BCUT2D eigenvalue weighted by atomic mass is 9.99. The Bertz CT molecular complexity index is 1060. The van der Waals surface area contributed by atoms with Crippen molar-refractivity contribution in [2.75, 3.05) is 26.2 Å². The predicted octanol–water partition coefficient (Wildman–Crippen LogP) is 4.35. The molecule has 1 aliphatic rings. The topological polar surface area (TPSA) is 75.7 Å². The number of nitrogens with one attached hydrogen (secondary N) is 1. The lowest BCUT2D eigenvalue weighted by Gasteiger charge is -2.31. The van der Waals surface area contributed by atoms with Crippen molar-refractivity contribution in [1.29, 1.82) is 0 Å². The van der Waals surface area contributed by atoms with Crippen molar-refractivity contribution in [1.82, 2.24) is 9.62 Å². The smallest absolute Gasteiger partial charge is 0.224 e. The first-order valence-electron chi connectivity index (χ1n) is 10.5. The van der Waals surface area contributed by atoms with Gasteiger partial charge >= 0.3 is 0 Å². The standard InChI is InChI=1S/C23H28Cl2N2O4S/c1-16-10-17(2)12-20(11-16)31-9-7-26-23(28)19-4-3-8-27(14-19)32(29,30)15-18-5-6-21(24)22(25)13-18/h5-6,10-13,19H,3-4,7-9,14-15H2,1-2H3,(H,26,28). The number of hydrogen-bond donors (Lipinski definition) is 1. The molecule has 0 aromatic heterocycles. The van der Waals surface area contributed by atoms with Gasteiger partial charge in [0.25, 0.3) is 0 Å². The van der Waals surface area contributed by atoms with E-state index in [1.807, 2.05) is 26.0 Å². The Morgan fingerprint density at radius 3 is 2.53 bits per heavy atom. The molecule has 174 valence electrons. The average molecular weight is 499 g/mol. The number of aryl methyl sites for hydroxylation is 2. The van der Waals surface area contributed by atoms with E-state index >= 15 is 0 Å². The molecule has 0 bridgehead atoms. The van der Waals surface area contributed by atoms with Gasteiger partial charge in [0, 0.05) is 13.1 Å². The summed E-state index contributed by atoms with van der Waals surface area (Å²) in [5, 5.41) is 3.57. The van der Waals surface area contributed by atoms with Gasteiger partial charge in [0.2, 0.25) is 15.9 Å². The second-order valence-corrected chi connectivity index (χ2v) is 10.9. The minimum absolute atomic E-state index is 0.150. The number of carbonyl (C=O) groups is 1. The summed E-state index contributed by atoms with van der Waals surface area (Å²) in [4.78, 5) is 12.6. The van der Waals surface area contributed by atoms with Crippen molar-refractivity contribution in [3.05, 3.63) is 63.1 Å². The Morgan fingerprint density at radius 2 is 1.84 bits per heavy atom. The molecule has 0 saturated carbocycles. The molecule has 1 atom stereocenters. The van der Waals surface area contributed by atoms with Crippen LogP contribution in [0.1, 0.15) is 29.5 Å². The lowest BCUT2D eigenvalue weighted by molar-refractivity contribution is -0.126. The molecular formula is C23H28Cl2N2O4S. The molecule has 0 radical (unpaired) electrons. The summed E-state index contributed by atoms with van der Waals surface area (Å²) in [5.74, 6) is 0.0631. The molecule has 1 aliphatic heterocycles. The molecular weight excluding hydrogens is 471 g/mol. The summed E-state index contributed by atoms with van der Waals surface area (Å²) in [6.45, 7) is 5.30. The van der Waals surface area contributed by atoms with Gasteiger partial charge in [-0.3, -0.25) is 4.79 Å². The molecule has 1 amide bonds. The Kier molecular flexibility index (Phi) is 8.44. The van der Waals surface area contributed by atoms with Gasteiger partial charge < -0.3 is 10.1 Å². The van der Waals surface area contributed by atoms with Crippen molar-refractivity contribution in [3.8, 4) is 5.75 Å². The Morgan fingerprint density at radius 1 is 1.12 bits per heavy atom. The van der Waals surface area contributed by atoms with E-state index in [4.69, 9.17) is 27.9 Å². The number of rotatable bonds is 8. The molecule has 1 unspecified atom stereocenters. The fraction of sp³-hybridized carbons (Fsp3) is 0.435. The molecule has 2 aromatic rings. The first kappa shape index (κ1) is 24.8. The van der Waals surface area contributed by atoms with Crippen molar-refractivity contribution in [2.45, 2.75) is 32.4 Å². The van der Waals surface area contributed by atoms with Crippen LogP contribution in [-0.2, 0) is 20.6 Å². The zero-order valence-electron chi connectivity index (χ0n) is 18.2. The van der Waals surface area contributed by atoms with Gasteiger partial charge in [-0.2, -0.15) is 0 Å². The van der Waals surface area contributed by atoms with Crippen LogP contribution in [0.3, 0.4) is 0 Å². The molecule has 0 spiro atoms. The maximum atomic E-state index is 12.9. The van der Waals surface area contributed by atoms with Crippen LogP contribution in [0.15, 0.2) is 36.4 Å². The average Bonchev–Trinajstić information content (AvgIpc) is 2.73. The van der Waals surface area contributed by atoms with E-state index < -0.39 is 10.0 Å². The molecule has 1 fully saturated rings. The van der Waals surface area contributed by atoms with Crippen LogP contribution < -0.4 is 10.1 Å². The molecule has 3 rings (SSSR count). The van der Waals surface area contributed by atoms with Crippen LogP contribution in [0.5, 0.6) is 5.75 Å². The maximum absolute atomic E-state index is 12.9. The van der Waals surface area contributed by atoms with E-state index in [0.29, 0.717) is 48.1 Å². The number of carbonyl (C=O) groups excluding carboxylic acids is 1. The summed E-state index contributed by atoms with van der Waals surface area (Å²) < 4.78 is 32.9. The van der Waals surface area contributed by atoms with Crippen LogP contribution in [0.25, 0.3) is 0 Å². The van der Waals surface area contributed by atoms with E-state index in [9.17, 15) is 13.2 Å². The summed E-state index contributed by atoms with van der Waals surface area (Å²) >= 11 is 11.9. The minimum Gasteiger partial charge on any atom is -0.492 e. The summed E-state index contributed by atoms with van der Waals surface area (Å²) in [5.41, 5.74) is 2.80. The number of ether oxygens (including phenoxy) is 1. The Balaban J connectivity index is 1.50. The highest BCUT2D eigenvalue weighted by atomic mass is 35.5. The zero-order valence-corrected chi connectivity index (χ0v) is 20.6. The summed E-state index contributed by atoms with van der Waals surface area (Å²) in [6, 6.07) is 10.8. The highest BCUT2D eigenvalue weighted by Crippen LogP contribution is 2.26. The van der Waals surface area contributed by atoms with E-state index in [2.05, 4.69) is 11.4 Å². The molecule has 1 N–H and O–H groups in total. The fourth-order valence-electron chi connectivity index (χ4n) is 3.84. The number of hydrogen-bond acceptors (Lipinski definition) is 4. The fourth-order valence-corrected chi connectivity index (χ4v) is 5.76. The quantitative estimate of drug-likeness (QED) is 0.549. The van der Waals surface area contributed by atoms with Gasteiger partial charge in [-0.15, -0.1) is 0 Å². The van der Waals surface area contributed by atoms with Crippen molar-refractivity contribution < 1.29 is 17.9 Å². The van der Waals surface area contributed by atoms with E-state index in [1.54, 1.807) is 18.2 Å². The number of sulfonamides is 1. The summed E-state index contributed by atoms with van der Waals surface area (Å²) in [6.07, 6.45) is 1.29. The van der Waals surface area contributed by atoms with E-state index in [-0.39, 0.29) is 24.1 Å². The minimum atomic E-state index is -3.57. The molecule has 1 saturated heterocycles. The maximum Gasteiger partial charge on any atom is 0.224 e. The molecule has 9 heteroatoms. The molecule has 1 heterocycles. The monoisotopic (exact) mass is 498 g/mol. The summed E-state index contributed by atoms with van der Waals surface area (Å²) in [7, 11) is -3.57. The van der Waals surface area contributed by atoms with E-state index in [1.165, 1.54) is 4.31 Å². The first-order chi connectivity index (χ1) is 15.1. The second kappa shape index (κ2) is 10.9. The normalized spacial score (nSPS) is 17.2. The number of nitrogens with zero attached hydrogens (tertiary/aromatic N) is 1. The van der Waals surface area contributed by atoms with Gasteiger partial charge in [0.15, 0.2) is 0 Å². The third kappa shape index (κ3) is 6.85. The number of amides is 1. The third-order valence-corrected chi connectivity index (χ3v) is 7.90. The number of halogens is 2. The second-order valence-electron chi connectivity index (χ2n) is 8.16. The third-order valence-electron chi connectivity index (χ3n) is 5.35. The van der Waals surface area contributed by atoms with Gasteiger partial charge in [-0.25, -0.2) is 12.7 Å². The van der Waals surface area contributed by atoms with Crippen LogP contribution >= 0.6 is 23.2 Å². The highest BCUT2D eigenvalue weighted by Gasteiger charge is 2.32. The molecule has 2 aromatic carbocycles. The van der Waals surface area contributed by atoms with Gasteiger partial charge in [-0.1, -0.05) is 35.3 Å². The van der Waals surface area contributed by atoms with E-state index in [0.717, 1.165) is 16.9 Å². The number of piperidine rings is 1. The van der Waals surface area contributed by atoms with Gasteiger partial charge in [0.05, 0.1) is 28.3 Å². The van der Waals surface area contributed by atoms with Crippen LogP contribution in [-0.4, -0.2) is 44.9 Å². The molecule has 32 heavy (non-hydrogen) atoms. The van der Waals surface area contributed by atoms with Crippen molar-refractivity contribution in [3.63, 3.8) is 0 Å². The first-order valence-corrected chi connectivity index (χ1v) is 12.9.